The van der Waals surface area contributed by atoms with Crippen LogP contribution in [0.3, 0.4) is 0 Å². The van der Waals surface area contributed by atoms with E-state index in [4.69, 9.17) is 4.74 Å². The molecule has 29 heavy (non-hydrogen) atoms. The van der Waals surface area contributed by atoms with Crippen LogP contribution in [0, 0.1) is 12.8 Å². The first kappa shape index (κ1) is 21.3. The lowest BCUT2D eigenvalue weighted by molar-refractivity contribution is -0.120. The monoisotopic (exact) mass is 416 g/mol. The largest absolute Gasteiger partial charge is 0.492 e. The third kappa shape index (κ3) is 5.36. The fourth-order valence-corrected chi connectivity index (χ4v) is 5.27. The van der Waals surface area contributed by atoms with Crippen molar-refractivity contribution in [3.05, 3.63) is 59.7 Å². The highest BCUT2D eigenvalue weighted by Crippen LogP contribution is 2.27. The second-order valence-electron chi connectivity index (χ2n) is 7.30. The second-order valence-corrected chi connectivity index (χ2v) is 9.27. The minimum Gasteiger partial charge on any atom is -0.492 e. The number of aryl methyl sites for hydroxylation is 1. The lowest BCUT2D eigenvalue weighted by Gasteiger charge is -2.31. The van der Waals surface area contributed by atoms with Gasteiger partial charge in [-0.2, -0.15) is 0 Å². The van der Waals surface area contributed by atoms with Crippen molar-refractivity contribution >= 4 is 21.6 Å². The lowest BCUT2D eigenvalue weighted by Crippen LogP contribution is -2.44. The van der Waals surface area contributed by atoms with Crippen molar-refractivity contribution in [1.29, 1.82) is 0 Å². The third-order valence-electron chi connectivity index (χ3n) is 5.19. The summed E-state index contributed by atoms with van der Waals surface area (Å²) in [6.07, 6.45) is 1.33. The average molecular weight is 417 g/mol. The van der Waals surface area contributed by atoms with Gasteiger partial charge in [0.15, 0.2) is 0 Å². The molecular formula is C22H28N2O4S. The maximum atomic E-state index is 12.9. The van der Waals surface area contributed by atoms with E-state index in [1.165, 1.54) is 4.31 Å². The van der Waals surface area contributed by atoms with Gasteiger partial charge in [0.25, 0.3) is 0 Å². The molecule has 1 fully saturated rings. The topological polar surface area (TPSA) is 75.7 Å². The molecule has 7 heteroatoms. The van der Waals surface area contributed by atoms with Gasteiger partial charge >= 0.3 is 0 Å². The molecule has 0 spiro atoms. The van der Waals surface area contributed by atoms with E-state index in [1.54, 1.807) is 12.1 Å². The van der Waals surface area contributed by atoms with Gasteiger partial charge in [-0.05, 0) is 49.9 Å². The number of hydrogen-bond donors (Lipinski definition) is 1. The zero-order valence-corrected chi connectivity index (χ0v) is 17.7. The summed E-state index contributed by atoms with van der Waals surface area (Å²) in [6.45, 7) is 4.95. The zero-order valence-electron chi connectivity index (χ0n) is 16.9. The number of ether oxygens (including phenoxy) is 1. The highest BCUT2D eigenvalue weighted by Gasteiger charge is 2.32. The smallest absolute Gasteiger partial charge is 0.228 e. The van der Waals surface area contributed by atoms with Crippen molar-refractivity contribution in [3.8, 4) is 5.75 Å². The Morgan fingerprint density at radius 2 is 1.90 bits per heavy atom. The first-order chi connectivity index (χ1) is 13.9. The molecule has 1 saturated heterocycles. The van der Waals surface area contributed by atoms with Crippen molar-refractivity contribution in [2.45, 2.75) is 32.4 Å². The van der Waals surface area contributed by atoms with Crippen LogP contribution in [0.4, 0.5) is 5.69 Å². The molecule has 0 aromatic heterocycles. The van der Waals surface area contributed by atoms with Gasteiger partial charge in [-0.25, -0.2) is 12.7 Å². The summed E-state index contributed by atoms with van der Waals surface area (Å²) < 4.78 is 32.9. The molecule has 1 N–H and O–H groups in total. The molecule has 0 unspecified atom stereocenters. The van der Waals surface area contributed by atoms with Crippen LogP contribution in [0.5, 0.6) is 5.75 Å². The number of rotatable bonds is 7. The Labute approximate surface area is 172 Å². The van der Waals surface area contributed by atoms with E-state index in [-0.39, 0.29) is 24.1 Å². The van der Waals surface area contributed by atoms with Gasteiger partial charge in [-0.15, -0.1) is 0 Å². The Bertz CT molecular complexity index is 959. The van der Waals surface area contributed by atoms with Gasteiger partial charge in [0, 0.05) is 13.1 Å². The molecule has 2 aromatic carbocycles. The Kier molecular flexibility index (Phi) is 6.92. The Balaban J connectivity index is 1.68. The van der Waals surface area contributed by atoms with Crippen molar-refractivity contribution in [2.24, 2.45) is 5.92 Å². The number of amides is 1. The van der Waals surface area contributed by atoms with Crippen molar-refractivity contribution in [3.63, 3.8) is 0 Å². The maximum absolute atomic E-state index is 12.9. The molecule has 6 nitrogen and oxygen atoms in total. The SMILES string of the molecule is CCOc1ccccc1NC(=O)[C@H]1CCCN(S(=O)(=O)Cc2ccccc2C)C1. The molecule has 1 aliphatic rings. The fourth-order valence-electron chi connectivity index (χ4n) is 3.55. The Morgan fingerprint density at radius 1 is 1.17 bits per heavy atom. The maximum Gasteiger partial charge on any atom is 0.228 e. The van der Waals surface area contributed by atoms with Crippen LogP contribution in [0.1, 0.15) is 30.9 Å². The number of hydrogen-bond acceptors (Lipinski definition) is 4. The average Bonchev–Trinajstić information content (AvgIpc) is 2.71. The second kappa shape index (κ2) is 9.41. The molecule has 0 aliphatic carbocycles. The van der Waals surface area contributed by atoms with Crippen molar-refractivity contribution in [1.82, 2.24) is 4.31 Å². The molecule has 0 radical (unpaired) electrons. The van der Waals surface area contributed by atoms with E-state index >= 15 is 0 Å². The number of nitrogens with zero attached hydrogens (tertiary/aromatic N) is 1. The minimum absolute atomic E-state index is 0.0405. The third-order valence-corrected chi connectivity index (χ3v) is 6.99. The summed E-state index contributed by atoms with van der Waals surface area (Å²) in [7, 11) is -3.49. The van der Waals surface area contributed by atoms with Gasteiger partial charge < -0.3 is 10.1 Å². The van der Waals surface area contributed by atoms with Gasteiger partial charge in [0.2, 0.25) is 15.9 Å². The number of piperidine rings is 1. The zero-order chi connectivity index (χ0) is 20.9. The van der Waals surface area contributed by atoms with Gasteiger partial charge in [0.05, 0.1) is 24.0 Å². The number of carbonyl (C=O) groups is 1. The van der Waals surface area contributed by atoms with Crippen LogP contribution in [0.25, 0.3) is 0 Å². The van der Waals surface area contributed by atoms with E-state index in [0.29, 0.717) is 37.4 Å². The number of sulfonamides is 1. The molecular weight excluding hydrogens is 388 g/mol. The van der Waals surface area contributed by atoms with Crippen molar-refractivity contribution in [2.75, 3.05) is 25.0 Å². The predicted molar refractivity (Wildman–Crippen MR) is 114 cm³/mol. The molecule has 3 rings (SSSR count). The normalized spacial score (nSPS) is 17.7. The predicted octanol–water partition coefficient (Wildman–Crippen LogP) is 3.57. The van der Waals surface area contributed by atoms with Gasteiger partial charge in [-0.3, -0.25) is 4.79 Å². The van der Waals surface area contributed by atoms with Crippen LogP contribution in [-0.2, 0) is 20.6 Å². The van der Waals surface area contributed by atoms with Gasteiger partial charge in [-0.1, -0.05) is 36.4 Å². The quantitative estimate of drug-likeness (QED) is 0.749. The van der Waals surface area contributed by atoms with Crippen LogP contribution >= 0.6 is 0 Å². The van der Waals surface area contributed by atoms with Crippen LogP contribution in [0.15, 0.2) is 48.5 Å². The highest BCUT2D eigenvalue weighted by molar-refractivity contribution is 7.88. The van der Waals surface area contributed by atoms with E-state index in [9.17, 15) is 13.2 Å². The van der Waals surface area contributed by atoms with E-state index in [1.807, 2.05) is 50.2 Å². The van der Waals surface area contributed by atoms with Crippen LogP contribution in [0.2, 0.25) is 0 Å². The summed E-state index contributed by atoms with van der Waals surface area (Å²) >= 11 is 0. The van der Waals surface area contributed by atoms with Crippen LogP contribution < -0.4 is 10.1 Å². The van der Waals surface area contributed by atoms with Gasteiger partial charge in [0.1, 0.15) is 5.75 Å². The van der Waals surface area contributed by atoms with Crippen LogP contribution in [-0.4, -0.2) is 38.3 Å². The molecule has 0 bridgehead atoms. The first-order valence-electron chi connectivity index (χ1n) is 9.95. The number of benzene rings is 2. The minimum atomic E-state index is -3.49. The summed E-state index contributed by atoms with van der Waals surface area (Å²) in [5.74, 6) is 0.0162. The lowest BCUT2D eigenvalue weighted by atomic mass is 9.98. The first-order valence-corrected chi connectivity index (χ1v) is 11.6. The molecule has 1 aliphatic heterocycles. The van der Waals surface area contributed by atoms with Crippen molar-refractivity contribution < 1.29 is 17.9 Å². The number of para-hydroxylation sites is 2. The molecule has 156 valence electrons. The van der Waals surface area contributed by atoms with E-state index < -0.39 is 10.0 Å². The molecule has 1 heterocycles. The van der Waals surface area contributed by atoms with E-state index in [2.05, 4.69) is 5.32 Å². The summed E-state index contributed by atoms with van der Waals surface area (Å²) in [4.78, 5) is 12.8. The molecule has 1 amide bonds. The van der Waals surface area contributed by atoms with E-state index in [0.717, 1.165) is 11.1 Å². The summed E-state index contributed by atoms with van der Waals surface area (Å²) in [5.41, 5.74) is 2.36. The molecule has 0 saturated carbocycles. The summed E-state index contributed by atoms with van der Waals surface area (Å²) in [6, 6.07) is 14.8. The Morgan fingerprint density at radius 3 is 2.66 bits per heavy atom. The molecule has 1 atom stereocenters. The highest BCUT2D eigenvalue weighted by atomic mass is 32.2. The molecule has 2 aromatic rings. The number of carbonyl (C=O) groups excluding carboxylic acids is 1. The Hall–Kier alpha value is -2.38. The fraction of sp³-hybridized carbons (Fsp3) is 0.409. The number of nitrogens with one attached hydrogen (secondary N) is 1. The standard InChI is InChI=1S/C22H28N2O4S/c1-3-28-21-13-7-6-12-20(21)23-22(25)18-11-8-14-24(15-18)29(26,27)16-19-10-5-4-9-17(19)2/h4-7,9-10,12-13,18H,3,8,11,14-16H2,1-2H3,(H,23,25)/t18-/m0/s1. The summed E-state index contributed by atoms with van der Waals surface area (Å²) in [5, 5.41) is 2.91. The number of anilines is 1.